The quantitative estimate of drug-likeness (QED) is 0.536. The van der Waals surface area contributed by atoms with Crippen LogP contribution in [0.5, 0.6) is 11.5 Å². The lowest BCUT2D eigenvalue weighted by Crippen LogP contribution is -2.06. The minimum Gasteiger partial charge on any atom is -0.496 e. The van der Waals surface area contributed by atoms with Crippen molar-refractivity contribution in [1.82, 2.24) is 0 Å². The van der Waals surface area contributed by atoms with Crippen LogP contribution in [0.4, 0.5) is 0 Å². The highest BCUT2D eigenvalue weighted by atomic mass is 16.5. The van der Waals surface area contributed by atoms with Crippen LogP contribution in [0.1, 0.15) is 61.7 Å². The third-order valence-electron chi connectivity index (χ3n) is 4.59. The first-order chi connectivity index (χ1) is 14.7. The zero-order chi connectivity index (χ0) is 23.4. The molecular formula is C26H38O5. The Bertz CT molecular complexity index is 811. The predicted molar refractivity (Wildman–Crippen MR) is 125 cm³/mol. The molecule has 2 rings (SSSR count). The lowest BCUT2D eigenvalue weighted by atomic mass is 10.0. The van der Waals surface area contributed by atoms with Crippen molar-refractivity contribution >= 4 is 5.97 Å². The molecule has 5 heteroatoms. The zero-order valence-electron chi connectivity index (χ0n) is 20.0. The molecule has 0 bridgehead atoms. The van der Waals surface area contributed by atoms with Gasteiger partial charge in [-0.1, -0.05) is 45.9 Å². The van der Waals surface area contributed by atoms with Crippen LogP contribution >= 0.6 is 0 Å². The Morgan fingerprint density at radius 1 is 0.871 bits per heavy atom. The highest BCUT2D eigenvalue weighted by Crippen LogP contribution is 2.24. The molecule has 0 spiro atoms. The number of methoxy groups -OCH3 is 2. The molecule has 0 aliphatic heterocycles. The molecule has 2 aromatic carbocycles. The van der Waals surface area contributed by atoms with E-state index in [1.54, 1.807) is 33.3 Å². The molecule has 0 fully saturated rings. The average Bonchev–Trinajstić information content (AvgIpc) is 2.74. The summed E-state index contributed by atoms with van der Waals surface area (Å²) in [6.45, 7) is 10.9. The van der Waals surface area contributed by atoms with Crippen LogP contribution in [0.15, 0.2) is 36.4 Å². The van der Waals surface area contributed by atoms with Crippen LogP contribution in [-0.2, 0) is 24.2 Å². The summed E-state index contributed by atoms with van der Waals surface area (Å²) >= 11 is 0. The molecule has 0 atom stereocenters. The summed E-state index contributed by atoms with van der Waals surface area (Å²) in [5.74, 6) is 2.50. The highest BCUT2D eigenvalue weighted by Gasteiger charge is 2.11. The first kappa shape index (κ1) is 26.5. The fourth-order valence-corrected chi connectivity index (χ4v) is 3.19. The van der Waals surface area contributed by atoms with Gasteiger partial charge in [0.05, 0.1) is 33.0 Å². The molecule has 0 saturated carbocycles. The molecule has 0 radical (unpaired) electrons. The van der Waals surface area contributed by atoms with E-state index in [0.29, 0.717) is 24.0 Å². The van der Waals surface area contributed by atoms with E-state index in [1.165, 1.54) is 5.56 Å². The van der Waals surface area contributed by atoms with Gasteiger partial charge in [-0.3, -0.25) is 0 Å². The lowest BCUT2D eigenvalue weighted by molar-refractivity contribution is 0.0526. The van der Waals surface area contributed by atoms with E-state index in [1.807, 2.05) is 24.3 Å². The van der Waals surface area contributed by atoms with Gasteiger partial charge in [-0.05, 0) is 66.5 Å². The molecule has 172 valence electrons. The van der Waals surface area contributed by atoms with Crippen molar-refractivity contribution in [2.75, 3.05) is 20.8 Å². The first-order valence-electron chi connectivity index (χ1n) is 10.9. The van der Waals surface area contributed by atoms with Crippen molar-refractivity contribution in [1.29, 1.82) is 0 Å². The van der Waals surface area contributed by atoms with Crippen molar-refractivity contribution < 1.29 is 24.1 Å². The molecule has 31 heavy (non-hydrogen) atoms. The van der Waals surface area contributed by atoms with Gasteiger partial charge in [0.15, 0.2) is 0 Å². The van der Waals surface area contributed by atoms with Gasteiger partial charge in [-0.15, -0.1) is 0 Å². The van der Waals surface area contributed by atoms with E-state index >= 15 is 0 Å². The summed E-state index contributed by atoms with van der Waals surface area (Å²) in [5.41, 5.74) is 3.76. The number of carbonyl (C=O) groups excluding carboxylic acids is 1. The maximum absolute atomic E-state index is 11.6. The Kier molecular flexibility index (Phi) is 11.7. The predicted octanol–water partition coefficient (Wildman–Crippen LogP) is 5.46. The van der Waals surface area contributed by atoms with Gasteiger partial charge in [-0.25, -0.2) is 4.79 Å². The Hall–Kier alpha value is -2.53. The van der Waals surface area contributed by atoms with E-state index in [9.17, 15) is 4.79 Å². The zero-order valence-corrected chi connectivity index (χ0v) is 20.0. The molecule has 0 saturated heterocycles. The molecule has 0 aromatic heterocycles. The van der Waals surface area contributed by atoms with E-state index in [2.05, 4.69) is 27.7 Å². The van der Waals surface area contributed by atoms with Crippen LogP contribution < -0.4 is 9.47 Å². The smallest absolute Gasteiger partial charge is 0.338 e. The third kappa shape index (κ3) is 9.01. The van der Waals surface area contributed by atoms with Crippen LogP contribution in [0.2, 0.25) is 0 Å². The molecular weight excluding hydrogens is 392 g/mol. The lowest BCUT2D eigenvalue weighted by Gasteiger charge is -2.12. The van der Waals surface area contributed by atoms with Crippen LogP contribution in [0, 0.1) is 11.8 Å². The second-order valence-corrected chi connectivity index (χ2v) is 8.25. The summed E-state index contributed by atoms with van der Waals surface area (Å²) < 4.78 is 15.5. The molecule has 2 aromatic rings. The molecule has 0 amide bonds. The van der Waals surface area contributed by atoms with Gasteiger partial charge in [0.25, 0.3) is 0 Å². The van der Waals surface area contributed by atoms with Gasteiger partial charge < -0.3 is 19.3 Å². The standard InChI is InChI=1S/C14H20O3.C12H18O2/c1-5-17-14(15)12-7-6-11(8-10(2)3)13(9-12)16-4;1-9(2)6-11-5-4-10(8-13)7-12(11)14-3/h6-7,9-10H,5,8H2,1-4H3;4-5,7,9,13H,6,8H2,1-3H3. The number of benzene rings is 2. The van der Waals surface area contributed by atoms with Gasteiger partial charge >= 0.3 is 5.97 Å². The van der Waals surface area contributed by atoms with Crippen molar-refractivity contribution in [3.05, 3.63) is 58.7 Å². The number of aliphatic hydroxyl groups is 1. The summed E-state index contributed by atoms with van der Waals surface area (Å²) in [6.07, 6.45) is 1.95. The number of hydrogen-bond acceptors (Lipinski definition) is 5. The Balaban J connectivity index is 0.000000316. The number of hydrogen-bond donors (Lipinski definition) is 1. The minimum atomic E-state index is -0.304. The van der Waals surface area contributed by atoms with E-state index in [4.69, 9.17) is 19.3 Å². The molecule has 0 aliphatic rings. The summed E-state index contributed by atoms with van der Waals surface area (Å²) in [4.78, 5) is 11.6. The van der Waals surface area contributed by atoms with Crippen LogP contribution in [0.3, 0.4) is 0 Å². The average molecular weight is 431 g/mol. The van der Waals surface area contributed by atoms with Gasteiger partial charge in [0.1, 0.15) is 11.5 Å². The molecule has 0 unspecified atom stereocenters. The van der Waals surface area contributed by atoms with Crippen LogP contribution in [0.25, 0.3) is 0 Å². The van der Waals surface area contributed by atoms with Gasteiger partial charge in [0.2, 0.25) is 0 Å². The largest absolute Gasteiger partial charge is 0.496 e. The molecule has 0 aliphatic carbocycles. The SMILES string of the molecule is CCOC(=O)c1ccc(CC(C)C)c(OC)c1.COc1cc(CO)ccc1CC(C)C. The van der Waals surface area contributed by atoms with Crippen molar-refractivity contribution in [3.8, 4) is 11.5 Å². The summed E-state index contributed by atoms with van der Waals surface area (Å²) in [7, 11) is 3.29. The number of rotatable bonds is 9. The first-order valence-corrected chi connectivity index (χ1v) is 10.9. The number of ether oxygens (including phenoxy) is 3. The highest BCUT2D eigenvalue weighted by molar-refractivity contribution is 5.90. The fraction of sp³-hybridized carbons (Fsp3) is 0.500. The van der Waals surface area contributed by atoms with Gasteiger partial charge in [-0.2, -0.15) is 0 Å². The minimum absolute atomic E-state index is 0.0678. The summed E-state index contributed by atoms with van der Waals surface area (Å²) in [5, 5.41) is 8.97. The van der Waals surface area contributed by atoms with Crippen LogP contribution in [-0.4, -0.2) is 31.9 Å². The second kappa shape index (κ2) is 13.7. The number of esters is 1. The molecule has 1 N–H and O–H groups in total. The normalized spacial score (nSPS) is 10.5. The van der Waals surface area contributed by atoms with E-state index < -0.39 is 0 Å². The monoisotopic (exact) mass is 430 g/mol. The second-order valence-electron chi connectivity index (χ2n) is 8.25. The van der Waals surface area contributed by atoms with E-state index in [0.717, 1.165) is 35.5 Å². The molecule has 5 nitrogen and oxygen atoms in total. The van der Waals surface area contributed by atoms with Crippen molar-refractivity contribution in [2.24, 2.45) is 11.8 Å². The Morgan fingerprint density at radius 3 is 1.84 bits per heavy atom. The summed E-state index contributed by atoms with van der Waals surface area (Å²) in [6, 6.07) is 11.3. The maximum Gasteiger partial charge on any atom is 0.338 e. The Labute approximate surface area is 187 Å². The van der Waals surface area contributed by atoms with Crippen molar-refractivity contribution in [3.63, 3.8) is 0 Å². The maximum atomic E-state index is 11.6. The number of carbonyl (C=O) groups is 1. The Morgan fingerprint density at radius 2 is 1.39 bits per heavy atom. The number of aliphatic hydroxyl groups excluding tert-OH is 1. The third-order valence-corrected chi connectivity index (χ3v) is 4.59. The van der Waals surface area contributed by atoms with Crippen molar-refractivity contribution in [2.45, 2.75) is 54.1 Å². The molecule has 0 heterocycles. The fourth-order valence-electron chi connectivity index (χ4n) is 3.19. The van der Waals surface area contributed by atoms with E-state index in [-0.39, 0.29) is 12.6 Å². The topological polar surface area (TPSA) is 65.0 Å². The van der Waals surface area contributed by atoms with Gasteiger partial charge in [0, 0.05) is 0 Å².